The van der Waals surface area contributed by atoms with Crippen LogP contribution in [0.15, 0.2) is 65.8 Å². The van der Waals surface area contributed by atoms with Crippen LogP contribution in [0.5, 0.6) is 0 Å². The van der Waals surface area contributed by atoms with Crippen LogP contribution in [0.25, 0.3) is 28.7 Å². The first-order valence-electron chi connectivity index (χ1n) is 6.66. The lowest BCUT2D eigenvalue weighted by Crippen LogP contribution is -1.96. The summed E-state index contributed by atoms with van der Waals surface area (Å²) < 4.78 is 3.26. The van der Waals surface area contributed by atoms with Gasteiger partial charge in [-0.05, 0) is 48.7 Å². The molecule has 0 saturated heterocycles. The van der Waals surface area contributed by atoms with E-state index in [-0.39, 0.29) is 0 Å². The number of nitrogens with zero attached hydrogens (tertiary/aromatic N) is 1. The first-order valence-corrected chi connectivity index (χ1v) is 7.45. The summed E-state index contributed by atoms with van der Waals surface area (Å²) in [7, 11) is 0. The number of fused-ring (bicyclic) bond motifs is 1. The Morgan fingerprint density at radius 1 is 1.05 bits per heavy atom. The molecule has 3 rings (SSSR count). The zero-order chi connectivity index (χ0) is 14.8. The molecule has 1 aromatic heterocycles. The first kappa shape index (κ1) is 13.7. The second-order valence-corrected chi connectivity index (χ2v) is 5.61. The Labute approximate surface area is 132 Å². The van der Waals surface area contributed by atoms with E-state index in [1.54, 1.807) is 6.20 Å². The second-order valence-electron chi connectivity index (χ2n) is 4.69. The topological polar surface area (TPSA) is 30.9 Å². The van der Waals surface area contributed by atoms with Crippen LogP contribution in [0, 0.1) is 0 Å². The Bertz CT molecular complexity index is 826. The lowest BCUT2D eigenvalue weighted by molar-refractivity contribution is 1.10. The Kier molecular flexibility index (Phi) is 3.67. The van der Waals surface area contributed by atoms with Crippen molar-refractivity contribution < 1.29 is 0 Å². The van der Waals surface area contributed by atoms with Crippen molar-refractivity contribution in [2.45, 2.75) is 0 Å². The number of para-hydroxylation sites is 1. The van der Waals surface area contributed by atoms with Gasteiger partial charge in [-0.3, -0.25) is 0 Å². The predicted molar refractivity (Wildman–Crippen MR) is 94.3 cm³/mol. The molecule has 0 amide bonds. The largest absolute Gasteiger partial charge is 0.405 e. The lowest BCUT2D eigenvalue weighted by Gasteiger charge is -2.09. The normalized spacial score (nSPS) is 11.3. The van der Waals surface area contributed by atoms with Crippen LogP contribution in [0.4, 0.5) is 0 Å². The van der Waals surface area contributed by atoms with Crippen LogP contribution in [0.1, 0.15) is 11.3 Å². The zero-order valence-electron chi connectivity index (χ0n) is 11.5. The zero-order valence-corrected chi connectivity index (χ0v) is 13.0. The first-order chi connectivity index (χ1) is 10.3. The van der Waals surface area contributed by atoms with Gasteiger partial charge in [-0.25, -0.2) is 0 Å². The molecule has 0 atom stereocenters. The third-order valence-electron chi connectivity index (χ3n) is 3.49. The number of hydrogen-bond donors (Lipinski definition) is 1. The van der Waals surface area contributed by atoms with Crippen molar-refractivity contribution in [3.63, 3.8) is 0 Å². The molecule has 2 aromatic carbocycles. The monoisotopic (exact) mass is 338 g/mol. The van der Waals surface area contributed by atoms with Gasteiger partial charge in [0.15, 0.2) is 0 Å². The van der Waals surface area contributed by atoms with Gasteiger partial charge in [0, 0.05) is 21.1 Å². The van der Waals surface area contributed by atoms with Gasteiger partial charge in [0.2, 0.25) is 0 Å². The summed E-state index contributed by atoms with van der Waals surface area (Å²) in [5.41, 5.74) is 9.98. The van der Waals surface area contributed by atoms with Gasteiger partial charge in [0.05, 0.1) is 11.2 Å². The maximum atomic E-state index is 5.61. The number of benzene rings is 2. The number of halogens is 1. The van der Waals surface area contributed by atoms with E-state index in [2.05, 4.69) is 51.3 Å². The molecule has 0 spiro atoms. The van der Waals surface area contributed by atoms with E-state index in [4.69, 9.17) is 5.73 Å². The number of rotatable bonds is 3. The van der Waals surface area contributed by atoms with Crippen molar-refractivity contribution in [2.24, 2.45) is 5.73 Å². The van der Waals surface area contributed by atoms with Gasteiger partial charge >= 0.3 is 0 Å². The van der Waals surface area contributed by atoms with Gasteiger partial charge in [-0.2, -0.15) is 0 Å². The standard InChI is InChI=1S/C18H15BrN2/c1-2-17-16(11-12-20)15-5-3-4-6-18(15)21(17)14-9-7-13(19)8-10-14/h2-12H,1,20H2/b12-11-. The molecule has 2 nitrogen and oxygen atoms in total. The Morgan fingerprint density at radius 2 is 1.76 bits per heavy atom. The molecule has 104 valence electrons. The fourth-order valence-electron chi connectivity index (χ4n) is 2.63. The highest BCUT2D eigenvalue weighted by molar-refractivity contribution is 9.10. The number of hydrogen-bond acceptors (Lipinski definition) is 1. The molecule has 0 aliphatic heterocycles. The van der Waals surface area contributed by atoms with Crippen molar-refractivity contribution in [3.05, 3.63) is 77.0 Å². The van der Waals surface area contributed by atoms with Crippen LogP contribution in [0.2, 0.25) is 0 Å². The van der Waals surface area contributed by atoms with E-state index in [0.29, 0.717) is 0 Å². The maximum Gasteiger partial charge on any atom is 0.0541 e. The molecule has 1 heterocycles. The highest BCUT2D eigenvalue weighted by Gasteiger charge is 2.14. The summed E-state index contributed by atoms with van der Waals surface area (Å²) in [4.78, 5) is 0. The highest BCUT2D eigenvalue weighted by Crippen LogP contribution is 2.31. The van der Waals surface area contributed by atoms with Crippen LogP contribution in [-0.4, -0.2) is 4.57 Å². The van der Waals surface area contributed by atoms with Crippen LogP contribution >= 0.6 is 15.9 Å². The summed E-state index contributed by atoms with van der Waals surface area (Å²) in [5, 5.41) is 1.16. The summed E-state index contributed by atoms with van der Waals surface area (Å²) in [6.07, 6.45) is 5.37. The molecule has 3 heteroatoms. The second kappa shape index (κ2) is 5.62. The summed E-state index contributed by atoms with van der Waals surface area (Å²) in [5.74, 6) is 0. The Morgan fingerprint density at radius 3 is 2.43 bits per heavy atom. The average Bonchev–Trinajstić information content (AvgIpc) is 2.83. The molecule has 3 aromatic rings. The summed E-state index contributed by atoms with van der Waals surface area (Å²) in [6.45, 7) is 3.97. The van der Waals surface area contributed by atoms with E-state index in [0.717, 1.165) is 32.3 Å². The lowest BCUT2D eigenvalue weighted by atomic mass is 10.1. The minimum Gasteiger partial charge on any atom is -0.405 e. The van der Waals surface area contributed by atoms with Crippen molar-refractivity contribution in [1.82, 2.24) is 4.57 Å². The van der Waals surface area contributed by atoms with Crippen molar-refractivity contribution >= 4 is 39.0 Å². The Balaban J connectivity index is 2.40. The molecular formula is C18H15BrN2. The average molecular weight is 339 g/mol. The van der Waals surface area contributed by atoms with Crippen LogP contribution in [0.3, 0.4) is 0 Å². The van der Waals surface area contributed by atoms with Gasteiger partial charge in [0.1, 0.15) is 0 Å². The smallest absolute Gasteiger partial charge is 0.0541 e. The van der Waals surface area contributed by atoms with E-state index in [1.165, 1.54) is 0 Å². The minimum atomic E-state index is 1.04. The van der Waals surface area contributed by atoms with E-state index in [1.807, 2.05) is 36.4 Å². The van der Waals surface area contributed by atoms with Gasteiger partial charge in [-0.1, -0.05) is 40.7 Å². The fourth-order valence-corrected chi connectivity index (χ4v) is 2.89. The van der Waals surface area contributed by atoms with Crippen LogP contribution in [-0.2, 0) is 0 Å². The maximum absolute atomic E-state index is 5.61. The quantitative estimate of drug-likeness (QED) is 0.718. The fraction of sp³-hybridized carbons (Fsp3) is 0. The molecule has 2 N–H and O–H groups in total. The molecule has 0 aliphatic carbocycles. The molecule has 0 bridgehead atoms. The van der Waals surface area contributed by atoms with Crippen LogP contribution < -0.4 is 5.73 Å². The summed E-state index contributed by atoms with van der Waals surface area (Å²) >= 11 is 3.48. The van der Waals surface area contributed by atoms with E-state index < -0.39 is 0 Å². The highest BCUT2D eigenvalue weighted by atomic mass is 79.9. The molecule has 21 heavy (non-hydrogen) atoms. The van der Waals surface area contributed by atoms with E-state index >= 15 is 0 Å². The third-order valence-corrected chi connectivity index (χ3v) is 4.02. The van der Waals surface area contributed by atoms with Crippen molar-refractivity contribution in [3.8, 4) is 5.69 Å². The third kappa shape index (κ3) is 2.30. The SMILES string of the molecule is C=Cc1c(/C=C\N)c2ccccc2n1-c1ccc(Br)cc1. The Hall–Kier alpha value is -2.26. The number of nitrogens with two attached hydrogens (primary N) is 1. The molecule has 0 saturated carbocycles. The molecule has 0 unspecified atom stereocenters. The van der Waals surface area contributed by atoms with Gasteiger partial charge < -0.3 is 10.3 Å². The molecular weight excluding hydrogens is 324 g/mol. The molecule has 0 fully saturated rings. The van der Waals surface area contributed by atoms with Crippen molar-refractivity contribution in [2.75, 3.05) is 0 Å². The number of aromatic nitrogens is 1. The molecule has 0 radical (unpaired) electrons. The molecule has 0 aliphatic rings. The minimum absolute atomic E-state index is 1.04. The van der Waals surface area contributed by atoms with Crippen molar-refractivity contribution in [1.29, 1.82) is 0 Å². The predicted octanol–water partition coefficient (Wildman–Crippen LogP) is 4.97. The van der Waals surface area contributed by atoms with E-state index in [9.17, 15) is 0 Å². The summed E-state index contributed by atoms with van der Waals surface area (Å²) in [6, 6.07) is 16.5. The van der Waals surface area contributed by atoms with Gasteiger partial charge in [-0.15, -0.1) is 0 Å². The van der Waals surface area contributed by atoms with Gasteiger partial charge in [0.25, 0.3) is 0 Å².